The molecule has 3 aromatic carbocycles. The van der Waals surface area contributed by atoms with Crippen LogP contribution in [0.4, 0.5) is 9.52 Å². The molecule has 1 amide bonds. The van der Waals surface area contributed by atoms with Gasteiger partial charge in [-0.15, -0.1) is 10.2 Å². The van der Waals surface area contributed by atoms with E-state index in [9.17, 15) is 19.1 Å². The van der Waals surface area contributed by atoms with Crippen LogP contribution in [0, 0.1) is 5.82 Å². The van der Waals surface area contributed by atoms with Crippen LogP contribution < -0.4 is 14.4 Å². The largest absolute Gasteiger partial charge is 0.507 e. The van der Waals surface area contributed by atoms with E-state index in [1.54, 1.807) is 36.4 Å². The molecular weight excluding hydrogens is 577 g/mol. The van der Waals surface area contributed by atoms with Gasteiger partial charge in [0, 0.05) is 11.3 Å². The quantitative estimate of drug-likeness (QED) is 0.0841. The fourth-order valence-corrected chi connectivity index (χ4v) is 6.72. The third kappa shape index (κ3) is 5.25. The Balaban J connectivity index is 1.40. The highest BCUT2D eigenvalue weighted by Gasteiger charge is 2.48. The summed E-state index contributed by atoms with van der Waals surface area (Å²) in [6, 6.07) is 18.0. The first-order valence-electron chi connectivity index (χ1n) is 13.3. The Hall–Kier alpha value is -4.22. The van der Waals surface area contributed by atoms with Crippen LogP contribution in [0.25, 0.3) is 5.76 Å². The van der Waals surface area contributed by atoms with Gasteiger partial charge in [0.25, 0.3) is 5.78 Å². The highest BCUT2D eigenvalue weighted by molar-refractivity contribution is 8.00. The first kappa shape index (κ1) is 27.9. The van der Waals surface area contributed by atoms with Crippen molar-refractivity contribution in [3.63, 3.8) is 0 Å². The molecule has 214 valence electrons. The van der Waals surface area contributed by atoms with Gasteiger partial charge in [0.2, 0.25) is 5.13 Å². The number of thioether (sulfide) groups is 1. The number of rotatable bonds is 7. The van der Waals surface area contributed by atoms with E-state index in [4.69, 9.17) is 9.47 Å². The van der Waals surface area contributed by atoms with Gasteiger partial charge in [-0.2, -0.15) is 0 Å². The lowest BCUT2D eigenvalue weighted by atomic mass is 9.93. The molecule has 4 aromatic rings. The van der Waals surface area contributed by atoms with Crippen LogP contribution in [-0.4, -0.2) is 40.2 Å². The number of nitrogens with zero attached hydrogens (tertiary/aromatic N) is 3. The van der Waals surface area contributed by atoms with E-state index in [2.05, 4.69) is 24.0 Å². The van der Waals surface area contributed by atoms with Crippen molar-refractivity contribution in [2.45, 2.75) is 35.9 Å². The lowest BCUT2D eigenvalue weighted by Gasteiger charge is -2.23. The zero-order valence-corrected chi connectivity index (χ0v) is 24.4. The molecule has 1 aromatic heterocycles. The van der Waals surface area contributed by atoms with Crippen molar-refractivity contribution in [1.29, 1.82) is 0 Å². The average Bonchev–Trinajstić information content (AvgIpc) is 3.57. The Labute approximate surface area is 249 Å². The zero-order valence-electron chi connectivity index (χ0n) is 22.7. The number of hydrogen-bond acceptors (Lipinski definition) is 9. The van der Waals surface area contributed by atoms with Crippen molar-refractivity contribution in [3.05, 3.63) is 100 Å². The van der Waals surface area contributed by atoms with Crippen molar-refractivity contribution in [2.75, 3.05) is 18.1 Å². The summed E-state index contributed by atoms with van der Waals surface area (Å²) in [5, 5.41) is 20.1. The molecule has 0 bridgehead atoms. The van der Waals surface area contributed by atoms with Crippen LogP contribution in [0.2, 0.25) is 0 Å². The van der Waals surface area contributed by atoms with Gasteiger partial charge >= 0.3 is 5.91 Å². The maximum Gasteiger partial charge on any atom is 0.301 e. The topological polar surface area (TPSA) is 102 Å². The van der Waals surface area contributed by atoms with E-state index >= 15 is 0 Å². The van der Waals surface area contributed by atoms with Crippen molar-refractivity contribution >= 4 is 45.7 Å². The number of aromatic nitrogens is 2. The summed E-state index contributed by atoms with van der Waals surface area (Å²) in [5.74, 6) is -0.727. The third-order valence-corrected chi connectivity index (χ3v) is 9.19. The summed E-state index contributed by atoms with van der Waals surface area (Å²) in [4.78, 5) is 28.4. The molecule has 0 saturated carbocycles. The minimum atomic E-state index is -0.947. The highest BCUT2D eigenvalue weighted by Crippen LogP contribution is 2.45. The fraction of sp³-hybridized carbons (Fsp3) is 0.226. The Morgan fingerprint density at radius 1 is 1.05 bits per heavy atom. The normalized spacial score (nSPS) is 17.7. The lowest BCUT2D eigenvalue weighted by molar-refractivity contribution is -0.132. The molecule has 3 heterocycles. The van der Waals surface area contributed by atoms with Gasteiger partial charge in [0.15, 0.2) is 15.8 Å². The molecule has 2 aliphatic heterocycles. The second-order valence-corrected chi connectivity index (χ2v) is 12.3. The molecule has 1 N–H and O–H groups in total. The molecular formula is C31H26FN3O5S2. The van der Waals surface area contributed by atoms with Crippen molar-refractivity contribution in [3.8, 4) is 11.5 Å². The van der Waals surface area contributed by atoms with Gasteiger partial charge in [-0.1, -0.05) is 79.4 Å². The molecule has 0 unspecified atom stereocenters. The number of Topliss-reactive ketones (excluding diaryl/α,β-unsaturated/α-hetero) is 1. The van der Waals surface area contributed by atoms with Gasteiger partial charge < -0.3 is 14.6 Å². The van der Waals surface area contributed by atoms with Gasteiger partial charge in [-0.25, -0.2) is 4.39 Å². The maximum absolute atomic E-state index is 14.1. The molecule has 1 saturated heterocycles. The minimum Gasteiger partial charge on any atom is -0.507 e. The number of carbonyl (C=O) groups excluding carboxylic acids is 2. The van der Waals surface area contributed by atoms with E-state index in [0.717, 1.165) is 16.9 Å². The van der Waals surface area contributed by atoms with Gasteiger partial charge in [-0.05, 0) is 46.9 Å². The van der Waals surface area contributed by atoms with Gasteiger partial charge in [0.05, 0.1) is 11.6 Å². The molecule has 11 heteroatoms. The standard InChI is InChI=1S/C31H26FN3O5S2/c1-17(2)18-7-9-19(10-8-18)26-25(27(36)20-11-12-23-24(15-20)40-14-13-39-23)28(37)29(38)35(26)30-33-34-31(42-30)41-16-21-5-3-4-6-22(21)32/h3-12,15,17,26,36H,13-14,16H2,1-2H3/b27-25+/t26-/m1/s1. The smallest absolute Gasteiger partial charge is 0.301 e. The predicted molar refractivity (Wildman–Crippen MR) is 159 cm³/mol. The van der Waals surface area contributed by atoms with Crippen LogP contribution in [0.3, 0.4) is 0 Å². The second-order valence-electron chi connectivity index (χ2n) is 10.1. The van der Waals surface area contributed by atoms with E-state index in [0.29, 0.717) is 51.5 Å². The lowest BCUT2D eigenvalue weighted by Crippen LogP contribution is -2.29. The zero-order chi connectivity index (χ0) is 29.4. The number of benzene rings is 3. The number of amides is 1. The summed E-state index contributed by atoms with van der Waals surface area (Å²) in [6.07, 6.45) is 0. The number of hydrogen-bond donors (Lipinski definition) is 1. The number of ketones is 1. The Morgan fingerprint density at radius 2 is 1.79 bits per heavy atom. The van der Waals surface area contributed by atoms with Crippen LogP contribution in [-0.2, 0) is 15.3 Å². The monoisotopic (exact) mass is 603 g/mol. The average molecular weight is 604 g/mol. The molecule has 2 aliphatic rings. The number of anilines is 1. The van der Waals surface area contributed by atoms with Gasteiger partial charge in [0.1, 0.15) is 24.8 Å². The van der Waals surface area contributed by atoms with Crippen LogP contribution in [0.1, 0.15) is 48.1 Å². The number of carbonyl (C=O) groups is 2. The van der Waals surface area contributed by atoms with E-state index < -0.39 is 17.7 Å². The molecule has 6 rings (SSSR count). The van der Waals surface area contributed by atoms with Crippen molar-refractivity contribution in [1.82, 2.24) is 10.2 Å². The summed E-state index contributed by atoms with van der Waals surface area (Å²) in [6.45, 7) is 4.92. The van der Waals surface area contributed by atoms with E-state index in [1.807, 2.05) is 24.3 Å². The summed E-state index contributed by atoms with van der Waals surface area (Å²) < 4.78 is 25.9. The van der Waals surface area contributed by atoms with Crippen LogP contribution in [0.15, 0.2) is 76.6 Å². The van der Waals surface area contributed by atoms with Crippen LogP contribution in [0.5, 0.6) is 11.5 Å². The number of halogens is 1. The molecule has 0 radical (unpaired) electrons. The van der Waals surface area contributed by atoms with E-state index in [-0.39, 0.29) is 28.2 Å². The number of aliphatic hydroxyl groups is 1. The highest BCUT2D eigenvalue weighted by atomic mass is 32.2. The number of fused-ring (bicyclic) bond motifs is 1. The first-order valence-corrected chi connectivity index (χ1v) is 15.1. The maximum atomic E-state index is 14.1. The summed E-state index contributed by atoms with van der Waals surface area (Å²) in [5.41, 5.74) is 2.49. The molecule has 8 nitrogen and oxygen atoms in total. The first-order chi connectivity index (χ1) is 20.3. The molecule has 1 fully saturated rings. The summed E-state index contributed by atoms with van der Waals surface area (Å²) in [7, 11) is 0. The van der Waals surface area contributed by atoms with E-state index in [1.165, 1.54) is 22.7 Å². The second kappa shape index (κ2) is 11.6. The SMILES string of the molecule is CC(C)c1ccc([C@@H]2/C(=C(\O)c3ccc4c(c3)OCCO4)C(=O)C(=O)N2c2nnc(SCc3ccccc3F)s2)cc1. The minimum absolute atomic E-state index is 0.0651. The molecule has 0 aliphatic carbocycles. The number of ether oxygens (including phenoxy) is 2. The molecule has 0 spiro atoms. The Kier molecular flexibility index (Phi) is 7.70. The molecule has 1 atom stereocenters. The Morgan fingerprint density at radius 3 is 2.52 bits per heavy atom. The van der Waals surface area contributed by atoms with Crippen LogP contribution >= 0.6 is 23.1 Å². The fourth-order valence-electron chi connectivity index (χ4n) is 4.87. The Bertz CT molecular complexity index is 1700. The van der Waals surface area contributed by atoms with Crippen molar-refractivity contribution < 1.29 is 28.6 Å². The third-order valence-electron chi connectivity index (χ3n) is 7.09. The summed E-state index contributed by atoms with van der Waals surface area (Å²) >= 11 is 2.41. The molecule has 42 heavy (non-hydrogen) atoms. The van der Waals surface area contributed by atoms with Gasteiger partial charge in [-0.3, -0.25) is 14.5 Å². The van der Waals surface area contributed by atoms with Crippen molar-refractivity contribution in [2.24, 2.45) is 0 Å². The number of aliphatic hydroxyl groups excluding tert-OH is 1. The predicted octanol–water partition coefficient (Wildman–Crippen LogP) is 6.49.